The molecule has 2 bridgehead atoms. The largest absolute Gasteiger partial charge is 0.465 e. The van der Waals surface area contributed by atoms with Crippen molar-refractivity contribution in [1.29, 1.82) is 0 Å². The van der Waals surface area contributed by atoms with Crippen molar-refractivity contribution in [3.05, 3.63) is 59.8 Å². The fraction of sp³-hybridized carbons (Fsp3) is 0.480. The molecular weight excluding hydrogens is 404 g/mol. The Kier molecular flexibility index (Phi) is 6.09. The molecular formula is C25H32N4O3. The molecule has 4 rings (SSSR count). The number of fused-ring (bicyclic) bond motifs is 2. The van der Waals surface area contributed by atoms with E-state index in [-0.39, 0.29) is 24.0 Å². The molecule has 1 unspecified atom stereocenters. The van der Waals surface area contributed by atoms with Gasteiger partial charge in [0.15, 0.2) is 0 Å². The maximum absolute atomic E-state index is 12.5. The highest BCUT2D eigenvalue weighted by atomic mass is 16.4. The van der Waals surface area contributed by atoms with Crippen molar-refractivity contribution in [3.8, 4) is 0 Å². The molecule has 32 heavy (non-hydrogen) atoms. The molecule has 0 spiro atoms. The summed E-state index contributed by atoms with van der Waals surface area (Å²) in [5, 5.41) is 12.7. The zero-order valence-electron chi connectivity index (χ0n) is 19.0. The Bertz CT molecular complexity index is 941. The summed E-state index contributed by atoms with van der Waals surface area (Å²) in [5.74, 6) is 0.727. The molecule has 7 nitrogen and oxygen atoms in total. The van der Waals surface area contributed by atoms with E-state index in [1.54, 1.807) is 11.1 Å². The first-order valence-electron chi connectivity index (χ1n) is 11.3. The van der Waals surface area contributed by atoms with Crippen molar-refractivity contribution in [3.63, 3.8) is 0 Å². The number of pyridine rings is 1. The van der Waals surface area contributed by atoms with E-state index < -0.39 is 11.6 Å². The van der Waals surface area contributed by atoms with Crippen LogP contribution in [0.4, 0.5) is 10.6 Å². The molecule has 2 N–H and O–H groups in total. The highest BCUT2D eigenvalue weighted by molar-refractivity contribution is 5.94. The zero-order valence-corrected chi connectivity index (χ0v) is 19.0. The number of benzene rings is 1. The van der Waals surface area contributed by atoms with Gasteiger partial charge in [0.05, 0.1) is 5.56 Å². The van der Waals surface area contributed by atoms with Crippen LogP contribution in [-0.4, -0.2) is 50.7 Å². The summed E-state index contributed by atoms with van der Waals surface area (Å²) in [6.45, 7) is 6.35. The molecule has 0 aliphatic carbocycles. The first-order chi connectivity index (χ1) is 15.2. The Labute approximate surface area is 189 Å². The van der Waals surface area contributed by atoms with Crippen molar-refractivity contribution < 1.29 is 14.7 Å². The van der Waals surface area contributed by atoms with E-state index in [1.807, 2.05) is 63.2 Å². The summed E-state index contributed by atoms with van der Waals surface area (Å²) in [5.41, 5.74) is 1.16. The molecule has 2 aromatic rings. The second-order valence-corrected chi connectivity index (χ2v) is 9.81. The van der Waals surface area contributed by atoms with Gasteiger partial charge in [0, 0.05) is 36.4 Å². The topological polar surface area (TPSA) is 85.8 Å². The lowest BCUT2D eigenvalue weighted by Crippen LogP contribution is -2.57. The van der Waals surface area contributed by atoms with Crippen LogP contribution in [0.15, 0.2) is 48.7 Å². The Morgan fingerprint density at radius 2 is 1.75 bits per heavy atom. The van der Waals surface area contributed by atoms with E-state index in [2.05, 4.69) is 15.2 Å². The van der Waals surface area contributed by atoms with E-state index in [1.165, 1.54) is 0 Å². The predicted molar refractivity (Wildman–Crippen MR) is 124 cm³/mol. The third kappa shape index (κ3) is 4.56. The van der Waals surface area contributed by atoms with E-state index in [4.69, 9.17) is 0 Å². The number of amides is 2. The van der Waals surface area contributed by atoms with Gasteiger partial charge in [0.1, 0.15) is 5.82 Å². The van der Waals surface area contributed by atoms with Gasteiger partial charge >= 0.3 is 6.09 Å². The Hall–Kier alpha value is -3.09. The maximum Gasteiger partial charge on any atom is 0.407 e. The van der Waals surface area contributed by atoms with Crippen molar-refractivity contribution in [2.75, 3.05) is 4.90 Å². The van der Waals surface area contributed by atoms with Crippen LogP contribution >= 0.6 is 0 Å². The highest BCUT2D eigenvalue weighted by Gasteiger charge is 2.46. The number of carbonyl (C=O) groups excluding carboxylic acids is 1. The Morgan fingerprint density at radius 3 is 2.28 bits per heavy atom. The molecule has 3 atom stereocenters. The summed E-state index contributed by atoms with van der Waals surface area (Å²) in [4.78, 5) is 33.0. The Balaban J connectivity index is 1.42. The van der Waals surface area contributed by atoms with Gasteiger partial charge in [0.25, 0.3) is 5.91 Å². The molecule has 0 saturated carbocycles. The monoisotopic (exact) mass is 436 g/mol. The number of anilines is 1. The van der Waals surface area contributed by atoms with Crippen LogP contribution in [0.2, 0.25) is 0 Å². The second-order valence-electron chi connectivity index (χ2n) is 9.81. The second kappa shape index (κ2) is 8.81. The van der Waals surface area contributed by atoms with Crippen LogP contribution in [0.1, 0.15) is 62.4 Å². The SMILES string of the molecule is CC(C)(C)N(C(=O)O)C1C[C@H]2CC[C@@H](C1)N2c1ccc(C(=O)NCc2ccccc2)cn1. The number of hydrogen-bond donors (Lipinski definition) is 2. The van der Waals surface area contributed by atoms with Gasteiger partial charge in [-0.05, 0) is 64.2 Å². The smallest absolute Gasteiger partial charge is 0.407 e. The van der Waals surface area contributed by atoms with Crippen LogP contribution in [0, 0.1) is 0 Å². The van der Waals surface area contributed by atoms with Gasteiger partial charge in [-0.15, -0.1) is 0 Å². The number of nitrogens with one attached hydrogen (secondary N) is 1. The van der Waals surface area contributed by atoms with E-state index >= 15 is 0 Å². The fourth-order valence-electron chi connectivity index (χ4n) is 5.28. The number of aromatic nitrogens is 1. The van der Waals surface area contributed by atoms with Crippen LogP contribution in [0.5, 0.6) is 0 Å². The first-order valence-corrected chi connectivity index (χ1v) is 11.3. The van der Waals surface area contributed by atoms with Gasteiger partial charge in [-0.3, -0.25) is 4.79 Å². The van der Waals surface area contributed by atoms with Crippen molar-refractivity contribution >= 4 is 17.8 Å². The molecule has 1 aromatic carbocycles. The third-order valence-corrected chi connectivity index (χ3v) is 6.57. The summed E-state index contributed by atoms with van der Waals surface area (Å²) < 4.78 is 0. The molecule has 0 radical (unpaired) electrons. The normalized spacial score (nSPS) is 22.5. The van der Waals surface area contributed by atoms with Crippen LogP contribution < -0.4 is 10.2 Å². The predicted octanol–water partition coefficient (Wildman–Crippen LogP) is 4.29. The third-order valence-electron chi connectivity index (χ3n) is 6.57. The average Bonchev–Trinajstić information content (AvgIpc) is 3.01. The lowest BCUT2D eigenvalue weighted by Gasteiger charge is -2.47. The van der Waals surface area contributed by atoms with Crippen LogP contribution in [0.25, 0.3) is 0 Å². The number of piperidine rings is 1. The molecule has 2 amide bonds. The van der Waals surface area contributed by atoms with Crippen LogP contribution in [-0.2, 0) is 6.54 Å². The van der Waals surface area contributed by atoms with Crippen molar-refractivity contribution in [2.45, 2.75) is 76.7 Å². The van der Waals surface area contributed by atoms with Crippen molar-refractivity contribution in [1.82, 2.24) is 15.2 Å². The minimum atomic E-state index is -0.848. The summed E-state index contributed by atoms with van der Waals surface area (Å²) in [6, 6.07) is 14.1. The number of nitrogens with zero attached hydrogens (tertiary/aromatic N) is 3. The summed E-state index contributed by atoms with van der Waals surface area (Å²) >= 11 is 0. The number of carboxylic acid groups (broad SMARTS) is 1. The minimum absolute atomic E-state index is 0.0179. The summed E-state index contributed by atoms with van der Waals surface area (Å²) in [7, 11) is 0. The van der Waals surface area contributed by atoms with Gasteiger partial charge in [-0.1, -0.05) is 30.3 Å². The number of rotatable bonds is 5. The quantitative estimate of drug-likeness (QED) is 0.730. The van der Waals surface area contributed by atoms with Gasteiger partial charge in [-0.25, -0.2) is 9.78 Å². The lowest BCUT2D eigenvalue weighted by atomic mass is 9.92. The standard InChI is InChI=1S/C25H32N4O3/c1-25(2,3)29(24(31)32)21-13-19-10-11-20(14-21)28(19)22-12-9-18(16-26-22)23(30)27-15-17-7-5-4-6-8-17/h4-9,12,16,19-21H,10-11,13-15H2,1-3H3,(H,27,30)(H,31,32)/t19-,20+,21?. The molecule has 3 heterocycles. The zero-order chi connectivity index (χ0) is 22.9. The average molecular weight is 437 g/mol. The van der Waals surface area contributed by atoms with Crippen molar-refractivity contribution in [2.24, 2.45) is 0 Å². The molecule has 2 fully saturated rings. The van der Waals surface area contributed by atoms with E-state index in [0.717, 1.165) is 37.1 Å². The van der Waals surface area contributed by atoms with E-state index in [0.29, 0.717) is 12.1 Å². The molecule has 1 aromatic heterocycles. The highest BCUT2D eigenvalue weighted by Crippen LogP contribution is 2.41. The molecule has 2 aliphatic rings. The maximum atomic E-state index is 12.5. The summed E-state index contributed by atoms with van der Waals surface area (Å²) in [6.07, 6.45) is 4.49. The minimum Gasteiger partial charge on any atom is -0.465 e. The molecule has 170 valence electrons. The first kappa shape index (κ1) is 22.1. The number of carbonyl (C=O) groups is 2. The molecule has 2 aliphatic heterocycles. The fourth-order valence-corrected chi connectivity index (χ4v) is 5.28. The lowest BCUT2D eigenvalue weighted by molar-refractivity contribution is 0.0558. The van der Waals surface area contributed by atoms with Gasteiger partial charge in [-0.2, -0.15) is 0 Å². The molecule has 2 saturated heterocycles. The molecule has 7 heteroatoms. The van der Waals surface area contributed by atoms with Gasteiger partial charge in [0.2, 0.25) is 0 Å². The van der Waals surface area contributed by atoms with Crippen LogP contribution in [0.3, 0.4) is 0 Å². The van der Waals surface area contributed by atoms with E-state index in [9.17, 15) is 14.7 Å². The van der Waals surface area contributed by atoms with Gasteiger partial charge < -0.3 is 20.2 Å². The number of hydrogen-bond acceptors (Lipinski definition) is 4. The Morgan fingerprint density at radius 1 is 1.09 bits per heavy atom.